The van der Waals surface area contributed by atoms with E-state index in [0.29, 0.717) is 12.3 Å². The van der Waals surface area contributed by atoms with Crippen molar-refractivity contribution < 1.29 is 9.59 Å². The molecule has 0 heterocycles. The van der Waals surface area contributed by atoms with E-state index in [1.54, 1.807) is 19.6 Å². The summed E-state index contributed by atoms with van der Waals surface area (Å²) < 4.78 is 0. The molecule has 146 valence electrons. The molecule has 0 rings (SSSR count). The van der Waals surface area contributed by atoms with Gasteiger partial charge in [-0.05, 0) is 12.8 Å². The molecule has 0 aromatic rings. The van der Waals surface area contributed by atoms with Crippen LogP contribution in [0, 0.1) is 0 Å². The molecule has 0 saturated heterocycles. The minimum atomic E-state index is -1.46. The van der Waals surface area contributed by atoms with Crippen LogP contribution in [0.2, 0.25) is 0 Å². The standard InChI is InChI=1S/C18H38N4O2Si/c1-8-11-13-19(4)17(23)21(6)15-25(10-3)16-22(7)18(24)20(5)14-12-9-2/h10,25H,3,8-9,11-16H2,1-2,4-7H3. The van der Waals surface area contributed by atoms with Crippen LogP contribution in [0.5, 0.6) is 0 Å². The average molecular weight is 371 g/mol. The van der Waals surface area contributed by atoms with E-state index in [1.165, 1.54) is 0 Å². The predicted octanol–water partition coefficient (Wildman–Crippen LogP) is 2.58. The predicted molar refractivity (Wildman–Crippen MR) is 108 cm³/mol. The summed E-state index contributed by atoms with van der Waals surface area (Å²) in [6.45, 7) is 9.73. The summed E-state index contributed by atoms with van der Waals surface area (Å²) in [5, 5.41) is 0. The lowest BCUT2D eigenvalue weighted by atomic mass is 10.3. The molecule has 0 N–H and O–H groups in total. The fourth-order valence-corrected chi connectivity index (χ4v) is 4.76. The molecule has 0 aliphatic carbocycles. The van der Waals surface area contributed by atoms with Gasteiger partial charge in [0.2, 0.25) is 0 Å². The second-order valence-corrected chi connectivity index (χ2v) is 9.59. The maximum Gasteiger partial charge on any atom is 0.319 e. The van der Waals surface area contributed by atoms with Crippen LogP contribution < -0.4 is 0 Å². The summed E-state index contributed by atoms with van der Waals surface area (Å²) in [6.07, 6.45) is 5.55. The van der Waals surface area contributed by atoms with E-state index in [9.17, 15) is 9.59 Å². The van der Waals surface area contributed by atoms with E-state index in [1.807, 2.05) is 33.9 Å². The molecule has 0 fully saturated rings. The van der Waals surface area contributed by atoms with Gasteiger partial charge in [-0.1, -0.05) is 26.7 Å². The van der Waals surface area contributed by atoms with Gasteiger partial charge in [0.25, 0.3) is 0 Å². The van der Waals surface area contributed by atoms with E-state index < -0.39 is 8.80 Å². The van der Waals surface area contributed by atoms with Crippen LogP contribution >= 0.6 is 0 Å². The maximum atomic E-state index is 12.4. The number of amides is 4. The molecule has 0 bridgehead atoms. The van der Waals surface area contributed by atoms with Crippen molar-refractivity contribution in [2.24, 2.45) is 0 Å². The van der Waals surface area contributed by atoms with E-state index in [0.717, 1.165) is 38.8 Å². The van der Waals surface area contributed by atoms with Gasteiger partial charge in [0.1, 0.15) is 8.80 Å². The number of hydrogen-bond donors (Lipinski definition) is 0. The zero-order valence-electron chi connectivity index (χ0n) is 17.1. The van der Waals surface area contributed by atoms with Crippen molar-refractivity contribution in [3.8, 4) is 0 Å². The number of hydrogen-bond acceptors (Lipinski definition) is 2. The molecule has 0 aliphatic rings. The van der Waals surface area contributed by atoms with Crippen LogP contribution in [0.3, 0.4) is 0 Å². The SMILES string of the molecule is C=C[SiH](CN(C)C(=O)N(C)CCCC)CN(C)C(=O)N(C)CCCC. The van der Waals surface area contributed by atoms with Gasteiger partial charge >= 0.3 is 12.1 Å². The second kappa shape index (κ2) is 12.8. The highest BCUT2D eigenvalue weighted by Crippen LogP contribution is 2.03. The van der Waals surface area contributed by atoms with Crippen LogP contribution in [0.1, 0.15) is 39.5 Å². The Bertz CT molecular complexity index is 386. The molecular weight excluding hydrogens is 332 g/mol. The molecule has 6 nitrogen and oxygen atoms in total. The first-order valence-electron chi connectivity index (χ1n) is 9.33. The molecule has 0 atom stereocenters. The van der Waals surface area contributed by atoms with Crippen LogP contribution in [0.15, 0.2) is 12.3 Å². The third-order valence-corrected chi connectivity index (χ3v) is 7.05. The molecule has 0 unspecified atom stereocenters. The number of carbonyl (C=O) groups excluding carboxylic acids is 2. The number of nitrogens with zero attached hydrogens (tertiary/aromatic N) is 4. The summed E-state index contributed by atoms with van der Waals surface area (Å²) >= 11 is 0. The summed E-state index contributed by atoms with van der Waals surface area (Å²) in [5.41, 5.74) is 1.96. The summed E-state index contributed by atoms with van der Waals surface area (Å²) in [5.74, 6) is 0. The number of carbonyl (C=O) groups is 2. The third kappa shape index (κ3) is 8.95. The lowest BCUT2D eigenvalue weighted by Gasteiger charge is -2.30. The molecule has 0 aromatic heterocycles. The Morgan fingerprint density at radius 1 is 0.800 bits per heavy atom. The van der Waals surface area contributed by atoms with E-state index in [2.05, 4.69) is 20.4 Å². The van der Waals surface area contributed by atoms with Crippen LogP contribution in [-0.2, 0) is 0 Å². The van der Waals surface area contributed by atoms with Gasteiger partial charge in [-0.15, -0.1) is 12.3 Å². The van der Waals surface area contributed by atoms with Gasteiger partial charge in [0.15, 0.2) is 0 Å². The molecule has 0 saturated carbocycles. The zero-order valence-corrected chi connectivity index (χ0v) is 18.3. The van der Waals surface area contributed by atoms with Gasteiger partial charge in [-0.25, -0.2) is 9.59 Å². The third-order valence-electron chi connectivity index (χ3n) is 4.35. The van der Waals surface area contributed by atoms with E-state index in [-0.39, 0.29) is 12.1 Å². The smallest absolute Gasteiger partial charge is 0.319 e. The fourth-order valence-electron chi connectivity index (χ4n) is 2.63. The van der Waals surface area contributed by atoms with Gasteiger partial charge in [0, 0.05) is 53.6 Å². The van der Waals surface area contributed by atoms with Crippen molar-refractivity contribution in [3.63, 3.8) is 0 Å². The first kappa shape index (κ1) is 23.5. The van der Waals surface area contributed by atoms with Crippen molar-refractivity contribution in [1.82, 2.24) is 19.6 Å². The second-order valence-electron chi connectivity index (χ2n) is 6.87. The Morgan fingerprint density at radius 2 is 1.16 bits per heavy atom. The largest absolute Gasteiger partial charge is 0.331 e. The molecule has 0 aromatic carbocycles. The number of urea groups is 2. The first-order valence-corrected chi connectivity index (χ1v) is 11.6. The minimum absolute atomic E-state index is 0.0434. The lowest BCUT2D eigenvalue weighted by Crippen LogP contribution is -2.49. The van der Waals surface area contributed by atoms with Crippen molar-refractivity contribution in [2.75, 3.05) is 53.6 Å². The summed E-state index contributed by atoms with van der Waals surface area (Å²) in [7, 11) is 5.91. The molecule has 0 radical (unpaired) electrons. The fraction of sp³-hybridized carbons (Fsp3) is 0.778. The van der Waals surface area contributed by atoms with Crippen molar-refractivity contribution in [3.05, 3.63) is 12.3 Å². The molecule has 4 amide bonds. The van der Waals surface area contributed by atoms with Gasteiger partial charge in [-0.3, -0.25) is 0 Å². The molecular formula is C18H38N4O2Si. The normalized spacial score (nSPS) is 10.5. The van der Waals surface area contributed by atoms with Crippen LogP contribution in [0.25, 0.3) is 0 Å². The van der Waals surface area contributed by atoms with Crippen molar-refractivity contribution in [1.29, 1.82) is 0 Å². The summed E-state index contributed by atoms with van der Waals surface area (Å²) in [6, 6.07) is 0.0867. The summed E-state index contributed by atoms with van der Waals surface area (Å²) in [4.78, 5) is 31.9. The minimum Gasteiger partial charge on any atom is -0.331 e. The Labute approximate surface area is 156 Å². The lowest BCUT2D eigenvalue weighted by molar-refractivity contribution is 0.176. The van der Waals surface area contributed by atoms with Gasteiger partial charge in [0.05, 0.1) is 0 Å². The maximum absolute atomic E-state index is 12.4. The monoisotopic (exact) mass is 370 g/mol. The quantitative estimate of drug-likeness (QED) is 0.525. The Balaban J connectivity index is 4.55. The van der Waals surface area contributed by atoms with Crippen molar-refractivity contribution >= 4 is 20.9 Å². The topological polar surface area (TPSA) is 47.1 Å². The zero-order chi connectivity index (χ0) is 19.4. The van der Waals surface area contributed by atoms with Crippen molar-refractivity contribution in [2.45, 2.75) is 39.5 Å². The van der Waals surface area contributed by atoms with Crippen LogP contribution in [-0.4, -0.2) is 94.1 Å². The highest BCUT2D eigenvalue weighted by Gasteiger charge is 2.21. The number of rotatable bonds is 11. The Kier molecular flexibility index (Phi) is 12.0. The first-order chi connectivity index (χ1) is 11.8. The molecule has 25 heavy (non-hydrogen) atoms. The average Bonchev–Trinajstić information content (AvgIpc) is 2.61. The van der Waals surface area contributed by atoms with E-state index in [4.69, 9.17) is 0 Å². The Morgan fingerprint density at radius 3 is 1.44 bits per heavy atom. The molecule has 7 heteroatoms. The highest BCUT2D eigenvalue weighted by atomic mass is 28.3. The van der Waals surface area contributed by atoms with Crippen LogP contribution in [0.4, 0.5) is 9.59 Å². The van der Waals surface area contributed by atoms with Gasteiger partial charge in [-0.2, -0.15) is 0 Å². The molecule has 0 aliphatic heterocycles. The highest BCUT2D eigenvalue weighted by molar-refractivity contribution is 6.64. The molecule has 0 spiro atoms. The Hall–Kier alpha value is -1.50. The number of unbranched alkanes of at least 4 members (excludes halogenated alkanes) is 2. The van der Waals surface area contributed by atoms with E-state index >= 15 is 0 Å². The van der Waals surface area contributed by atoms with Gasteiger partial charge < -0.3 is 19.6 Å².